The molecule has 1 atom stereocenters. The Bertz CT molecular complexity index is 1670. The van der Waals surface area contributed by atoms with Gasteiger partial charge in [0.2, 0.25) is 0 Å². The number of allylic oxidation sites excluding steroid dienone is 4. The van der Waals surface area contributed by atoms with E-state index in [2.05, 4.69) is 44.0 Å². The molecule has 3 aromatic rings. The molecule has 0 saturated heterocycles. The molecule has 0 fully saturated rings. The van der Waals surface area contributed by atoms with E-state index in [1.807, 2.05) is 36.4 Å². The van der Waals surface area contributed by atoms with E-state index < -0.39 is 10.7 Å². The number of nitrogens with zero attached hydrogens (tertiary/aromatic N) is 2. The van der Waals surface area contributed by atoms with Gasteiger partial charge >= 0.3 is 0 Å². The van der Waals surface area contributed by atoms with Crippen molar-refractivity contribution in [2.24, 2.45) is 0 Å². The minimum atomic E-state index is -0.506. The molecule has 1 aromatic heterocycles. The number of benzene rings is 2. The molecule has 2 aromatic carbocycles. The highest BCUT2D eigenvalue weighted by Gasteiger charge is 2.41. The number of aromatic nitrogens is 1. The molecule has 0 spiro atoms. The molecule has 0 radical (unpaired) electrons. The lowest BCUT2D eigenvalue weighted by molar-refractivity contribution is -0.122. The van der Waals surface area contributed by atoms with E-state index in [1.165, 1.54) is 9.47 Å². The van der Waals surface area contributed by atoms with Crippen molar-refractivity contribution in [2.45, 2.75) is 37.1 Å². The highest BCUT2D eigenvalue weighted by molar-refractivity contribution is 9.10. The lowest BCUT2D eigenvalue weighted by Gasteiger charge is -2.34. The number of aromatic hydroxyl groups is 1. The Hall–Kier alpha value is -3.23. The third kappa shape index (κ3) is 4.01. The van der Waals surface area contributed by atoms with Crippen LogP contribution < -0.4 is 5.56 Å². The van der Waals surface area contributed by atoms with E-state index in [9.17, 15) is 19.5 Å². The molecular formula is C30H24Br2N2O4. The molecule has 2 amide bonds. The normalized spacial score (nSPS) is 18.2. The van der Waals surface area contributed by atoms with Gasteiger partial charge in [-0.05, 0) is 53.2 Å². The van der Waals surface area contributed by atoms with Crippen molar-refractivity contribution in [3.8, 4) is 5.88 Å². The van der Waals surface area contributed by atoms with Crippen molar-refractivity contribution in [3.63, 3.8) is 0 Å². The molecule has 0 saturated carbocycles. The molecule has 38 heavy (non-hydrogen) atoms. The van der Waals surface area contributed by atoms with Crippen LogP contribution in [0.25, 0.3) is 16.3 Å². The number of hydrogen-bond donors (Lipinski definition) is 1. The summed E-state index contributed by atoms with van der Waals surface area (Å²) in [6.07, 6.45) is 11.1. The smallest absolute Gasteiger partial charge is 0.262 e. The third-order valence-electron chi connectivity index (χ3n) is 7.48. The second-order valence-corrected chi connectivity index (χ2v) is 11.6. The Morgan fingerprint density at radius 3 is 2.50 bits per heavy atom. The number of alkyl halides is 1. The van der Waals surface area contributed by atoms with Gasteiger partial charge in [-0.3, -0.25) is 23.9 Å². The lowest BCUT2D eigenvalue weighted by atomic mass is 9.82. The van der Waals surface area contributed by atoms with Crippen molar-refractivity contribution in [1.82, 2.24) is 9.47 Å². The first-order chi connectivity index (χ1) is 18.4. The Morgan fingerprint density at radius 1 is 0.974 bits per heavy atom. The van der Waals surface area contributed by atoms with Crippen LogP contribution in [0.3, 0.4) is 0 Å². The van der Waals surface area contributed by atoms with E-state index in [0.29, 0.717) is 56.9 Å². The fourth-order valence-corrected chi connectivity index (χ4v) is 6.89. The summed E-state index contributed by atoms with van der Waals surface area (Å²) in [7, 11) is 0. The van der Waals surface area contributed by atoms with Crippen molar-refractivity contribution in [2.75, 3.05) is 6.54 Å². The van der Waals surface area contributed by atoms with Crippen LogP contribution in [-0.4, -0.2) is 32.9 Å². The van der Waals surface area contributed by atoms with Crippen molar-refractivity contribution in [1.29, 1.82) is 0 Å². The van der Waals surface area contributed by atoms with Crippen LogP contribution in [0, 0.1) is 0 Å². The first kappa shape index (κ1) is 25.1. The van der Waals surface area contributed by atoms with Crippen LogP contribution in [-0.2, 0) is 17.8 Å². The molecule has 6 nitrogen and oxygen atoms in total. The summed E-state index contributed by atoms with van der Waals surface area (Å²) in [6.45, 7) is 0.555. The topological polar surface area (TPSA) is 79.6 Å². The predicted octanol–water partition coefficient (Wildman–Crippen LogP) is 6.19. The molecule has 1 N–H and O–H groups in total. The van der Waals surface area contributed by atoms with Crippen LogP contribution in [0.5, 0.6) is 5.88 Å². The molecular weight excluding hydrogens is 612 g/mol. The average Bonchev–Trinajstić information content (AvgIpc) is 2.92. The fourth-order valence-electron chi connectivity index (χ4n) is 5.59. The molecule has 6 rings (SSSR count). The molecule has 192 valence electrons. The number of aryl methyl sites for hydroxylation is 1. The van der Waals surface area contributed by atoms with Gasteiger partial charge in [0.1, 0.15) is 0 Å². The highest BCUT2D eigenvalue weighted by atomic mass is 79.9. The first-order valence-corrected chi connectivity index (χ1v) is 14.3. The zero-order valence-electron chi connectivity index (χ0n) is 20.4. The van der Waals surface area contributed by atoms with E-state index in [0.717, 1.165) is 24.0 Å². The number of carbonyl (C=O) groups excluding carboxylic acids is 2. The molecule has 1 unspecified atom stereocenters. The molecule has 3 aliphatic rings. The zero-order valence-corrected chi connectivity index (χ0v) is 23.6. The van der Waals surface area contributed by atoms with Gasteiger partial charge in [-0.1, -0.05) is 76.1 Å². The number of hydrogen-bond acceptors (Lipinski definition) is 4. The molecule has 2 heterocycles. The average molecular weight is 636 g/mol. The molecule has 0 bridgehead atoms. The first-order valence-electron chi connectivity index (χ1n) is 12.6. The summed E-state index contributed by atoms with van der Waals surface area (Å²) in [4.78, 5) is 41.8. The van der Waals surface area contributed by atoms with Crippen LogP contribution in [0.4, 0.5) is 0 Å². The number of rotatable bonds is 6. The van der Waals surface area contributed by atoms with Gasteiger partial charge in [0, 0.05) is 45.0 Å². The minimum Gasteiger partial charge on any atom is -0.494 e. The maximum absolute atomic E-state index is 13.7. The summed E-state index contributed by atoms with van der Waals surface area (Å²) in [5.74, 6) is -0.938. The number of amides is 2. The summed E-state index contributed by atoms with van der Waals surface area (Å²) in [5.41, 5.74) is 3.43. The summed E-state index contributed by atoms with van der Waals surface area (Å²) < 4.78 is 1.84. The van der Waals surface area contributed by atoms with Gasteiger partial charge in [-0.2, -0.15) is 0 Å². The maximum atomic E-state index is 13.7. The zero-order chi connectivity index (χ0) is 26.6. The van der Waals surface area contributed by atoms with Crippen molar-refractivity contribution in [3.05, 3.63) is 103 Å². The number of carbonyl (C=O) groups is 2. The van der Waals surface area contributed by atoms with Gasteiger partial charge in [-0.15, -0.1) is 0 Å². The molecule has 1 aliphatic heterocycles. The standard InChI is InChI=1S/C30H24Br2N2O4/c31-21-16-20-24-23-19(27(35)33(29(37)25(21)23)13-11-17-7-3-1-4-8-17)15-22(32)26(24)30(38)34(28(20)36)14-12-18-9-5-2-6-10-18/h1,3-5,7-10,15-16,21,37H,2,6,11-14H2. The van der Waals surface area contributed by atoms with Gasteiger partial charge in [-0.25, -0.2) is 0 Å². The maximum Gasteiger partial charge on any atom is 0.262 e. The van der Waals surface area contributed by atoms with E-state index in [-0.39, 0.29) is 23.9 Å². The fraction of sp³-hybridized carbons (Fsp3) is 0.233. The number of imide groups is 1. The molecule has 2 aliphatic carbocycles. The minimum absolute atomic E-state index is 0.154. The Balaban J connectivity index is 1.47. The lowest BCUT2D eigenvalue weighted by Crippen LogP contribution is -2.43. The van der Waals surface area contributed by atoms with E-state index in [4.69, 9.17) is 0 Å². The van der Waals surface area contributed by atoms with E-state index >= 15 is 0 Å². The van der Waals surface area contributed by atoms with E-state index in [1.54, 1.807) is 12.1 Å². The Morgan fingerprint density at radius 2 is 1.76 bits per heavy atom. The highest BCUT2D eigenvalue weighted by Crippen LogP contribution is 2.49. The van der Waals surface area contributed by atoms with Crippen molar-refractivity contribution < 1.29 is 14.7 Å². The van der Waals surface area contributed by atoms with Crippen LogP contribution >= 0.6 is 31.9 Å². The third-order valence-corrected chi connectivity index (χ3v) is 8.82. The largest absolute Gasteiger partial charge is 0.494 e. The summed E-state index contributed by atoms with van der Waals surface area (Å²) >= 11 is 7.16. The molecule has 8 heteroatoms. The van der Waals surface area contributed by atoms with Crippen LogP contribution in [0.1, 0.15) is 51.1 Å². The number of halogens is 2. The number of pyridine rings is 1. The Kier molecular flexibility index (Phi) is 6.48. The monoisotopic (exact) mass is 634 g/mol. The van der Waals surface area contributed by atoms with Gasteiger partial charge < -0.3 is 5.11 Å². The second kappa shape index (κ2) is 9.82. The van der Waals surface area contributed by atoms with Crippen LogP contribution in [0.2, 0.25) is 0 Å². The Labute approximate surface area is 236 Å². The van der Waals surface area contributed by atoms with Gasteiger partial charge in [0.05, 0.1) is 10.4 Å². The van der Waals surface area contributed by atoms with Crippen LogP contribution in [0.15, 0.2) is 75.5 Å². The summed E-state index contributed by atoms with van der Waals surface area (Å²) in [6, 6.07) is 11.4. The quantitative estimate of drug-likeness (QED) is 0.259. The van der Waals surface area contributed by atoms with Crippen molar-refractivity contribution >= 4 is 60.0 Å². The predicted molar refractivity (Wildman–Crippen MR) is 154 cm³/mol. The van der Waals surface area contributed by atoms with Gasteiger partial charge in [0.15, 0.2) is 5.88 Å². The SMILES string of the molecule is O=C1C2=CC(Br)c3c(O)n(CCc4ccccc4)c(=O)c4cc(Br)c(c2c34)C(=O)N1CCC1=CCCC=C1. The van der Waals surface area contributed by atoms with Gasteiger partial charge in [0.25, 0.3) is 17.4 Å². The summed E-state index contributed by atoms with van der Waals surface area (Å²) in [5, 5.41) is 12.1. The second-order valence-electron chi connectivity index (χ2n) is 9.71.